The Morgan fingerprint density at radius 3 is 0.710 bits per heavy atom. The van der Waals surface area contributed by atoms with Crippen molar-refractivity contribution < 1.29 is 20.4 Å². The zero-order valence-corrected chi connectivity index (χ0v) is 20.5. The van der Waals surface area contributed by atoms with E-state index in [9.17, 15) is 20.4 Å². The fourth-order valence-corrected chi connectivity index (χ4v) is 6.42. The van der Waals surface area contributed by atoms with Crippen molar-refractivity contribution in [3.63, 3.8) is 0 Å². The van der Waals surface area contributed by atoms with E-state index in [1.54, 1.807) is 0 Å². The Bertz CT molecular complexity index is 351. The average Bonchev–Trinajstić information content (AvgIpc) is 2.75. The molecule has 1 aliphatic carbocycles. The van der Waals surface area contributed by atoms with Crippen molar-refractivity contribution in [3.05, 3.63) is 0 Å². The predicted molar refractivity (Wildman–Crippen MR) is 130 cm³/mol. The van der Waals surface area contributed by atoms with E-state index in [1.807, 2.05) is 0 Å². The summed E-state index contributed by atoms with van der Waals surface area (Å²) in [6, 6.07) is 0. The van der Waals surface area contributed by atoms with Crippen molar-refractivity contribution in [2.75, 3.05) is 26.4 Å². The first-order chi connectivity index (χ1) is 15.2. The first-order valence-corrected chi connectivity index (χ1v) is 13.6. The van der Waals surface area contributed by atoms with Crippen LogP contribution in [-0.4, -0.2) is 46.9 Å². The molecular formula is C27H54O4. The van der Waals surface area contributed by atoms with Gasteiger partial charge in [0.15, 0.2) is 0 Å². The molecule has 1 rings (SSSR count). The summed E-state index contributed by atoms with van der Waals surface area (Å²) in [4.78, 5) is 0. The monoisotopic (exact) mass is 442 g/mol. The molecular weight excluding hydrogens is 388 g/mol. The predicted octanol–water partition coefficient (Wildman–Crippen LogP) is 6.13. The van der Waals surface area contributed by atoms with Crippen LogP contribution in [0.15, 0.2) is 0 Å². The SMILES string of the molecule is OCCC1(CCO)CCCCCCCCCCCCCCCCCC1(CCO)CCO. The maximum absolute atomic E-state index is 10.00. The van der Waals surface area contributed by atoms with Gasteiger partial charge >= 0.3 is 0 Å². The Morgan fingerprint density at radius 2 is 0.516 bits per heavy atom. The van der Waals surface area contributed by atoms with E-state index in [4.69, 9.17) is 0 Å². The lowest BCUT2D eigenvalue weighted by atomic mass is 9.53. The lowest BCUT2D eigenvalue weighted by Gasteiger charge is -2.52. The van der Waals surface area contributed by atoms with E-state index in [-0.39, 0.29) is 37.3 Å². The fourth-order valence-electron chi connectivity index (χ4n) is 6.42. The third-order valence-corrected chi connectivity index (χ3v) is 8.30. The summed E-state index contributed by atoms with van der Waals surface area (Å²) in [5.74, 6) is 0. The Morgan fingerprint density at radius 1 is 0.323 bits per heavy atom. The van der Waals surface area contributed by atoms with Gasteiger partial charge in [-0.05, 0) is 49.4 Å². The third kappa shape index (κ3) is 10.5. The maximum atomic E-state index is 10.00. The molecule has 4 heteroatoms. The highest BCUT2D eigenvalue weighted by Crippen LogP contribution is 2.56. The van der Waals surface area contributed by atoms with Crippen LogP contribution >= 0.6 is 0 Å². The summed E-state index contributed by atoms with van der Waals surface area (Å²) in [5.41, 5.74) is -0.407. The van der Waals surface area contributed by atoms with Gasteiger partial charge in [0.05, 0.1) is 0 Å². The number of aliphatic hydroxyl groups is 4. The van der Waals surface area contributed by atoms with Crippen LogP contribution < -0.4 is 0 Å². The van der Waals surface area contributed by atoms with Crippen LogP contribution in [0.2, 0.25) is 0 Å². The van der Waals surface area contributed by atoms with E-state index < -0.39 is 0 Å². The van der Waals surface area contributed by atoms with Gasteiger partial charge in [-0.3, -0.25) is 0 Å². The van der Waals surface area contributed by atoms with E-state index in [2.05, 4.69) is 0 Å². The Labute approximate surface area is 192 Å². The maximum Gasteiger partial charge on any atom is 0.0436 e. The molecule has 0 heterocycles. The molecule has 4 N–H and O–H groups in total. The Hall–Kier alpha value is -0.160. The Kier molecular flexibility index (Phi) is 17.0. The molecule has 0 aromatic carbocycles. The molecule has 0 spiro atoms. The summed E-state index contributed by atoms with van der Waals surface area (Å²) in [5, 5.41) is 40.0. The smallest absolute Gasteiger partial charge is 0.0436 e. The minimum atomic E-state index is -0.203. The quantitative estimate of drug-likeness (QED) is 0.364. The molecule has 186 valence electrons. The lowest BCUT2D eigenvalue weighted by molar-refractivity contribution is -0.0601. The molecule has 0 saturated heterocycles. The van der Waals surface area contributed by atoms with Crippen molar-refractivity contribution in [1.29, 1.82) is 0 Å². The number of aliphatic hydroxyl groups excluding tert-OH is 4. The average molecular weight is 443 g/mol. The number of rotatable bonds is 8. The van der Waals surface area contributed by atoms with Crippen LogP contribution in [0.4, 0.5) is 0 Å². The second kappa shape index (κ2) is 18.3. The van der Waals surface area contributed by atoms with Gasteiger partial charge in [-0.2, -0.15) is 0 Å². The van der Waals surface area contributed by atoms with Gasteiger partial charge in [-0.1, -0.05) is 96.3 Å². The minimum Gasteiger partial charge on any atom is -0.396 e. The summed E-state index contributed by atoms with van der Waals surface area (Å²) in [6.07, 6.45) is 24.0. The zero-order valence-electron chi connectivity index (χ0n) is 20.5. The molecule has 0 bridgehead atoms. The first-order valence-electron chi connectivity index (χ1n) is 13.6. The summed E-state index contributed by atoms with van der Waals surface area (Å²) in [7, 11) is 0. The van der Waals surface area contributed by atoms with Gasteiger partial charge in [0, 0.05) is 26.4 Å². The summed E-state index contributed by atoms with van der Waals surface area (Å²) >= 11 is 0. The van der Waals surface area contributed by atoms with E-state index >= 15 is 0 Å². The van der Waals surface area contributed by atoms with Gasteiger partial charge in [0.25, 0.3) is 0 Å². The standard InChI is InChI=1S/C27H54O4/c28-22-18-26(19-23-29)16-14-12-10-8-6-4-2-1-3-5-7-9-11-13-15-17-27(26,20-24-30)21-25-31/h28-31H,1-25H2. The van der Waals surface area contributed by atoms with Crippen molar-refractivity contribution in [2.45, 2.75) is 135 Å². The topological polar surface area (TPSA) is 80.9 Å². The van der Waals surface area contributed by atoms with Gasteiger partial charge < -0.3 is 20.4 Å². The highest BCUT2D eigenvalue weighted by molar-refractivity contribution is 4.98. The van der Waals surface area contributed by atoms with Crippen molar-refractivity contribution >= 4 is 0 Å². The molecule has 0 aromatic heterocycles. The van der Waals surface area contributed by atoms with Crippen molar-refractivity contribution in [1.82, 2.24) is 0 Å². The van der Waals surface area contributed by atoms with Crippen molar-refractivity contribution in [2.24, 2.45) is 10.8 Å². The van der Waals surface area contributed by atoms with Crippen LogP contribution in [0.3, 0.4) is 0 Å². The zero-order chi connectivity index (χ0) is 22.7. The van der Waals surface area contributed by atoms with Gasteiger partial charge in [0.2, 0.25) is 0 Å². The molecule has 4 nitrogen and oxygen atoms in total. The van der Waals surface area contributed by atoms with Crippen LogP contribution in [0.5, 0.6) is 0 Å². The molecule has 0 radical (unpaired) electrons. The van der Waals surface area contributed by atoms with Crippen LogP contribution in [0.25, 0.3) is 0 Å². The second-order valence-corrected chi connectivity index (χ2v) is 10.3. The molecule has 1 saturated carbocycles. The highest BCUT2D eigenvalue weighted by Gasteiger charge is 2.48. The molecule has 31 heavy (non-hydrogen) atoms. The minimum absolute atomic E-state index is 0.110. The van der Waals surface area contributed by atoms with E-state index in [1.165, 1.54) is 83.5 Å². The molecule has 0 aliphatic heterocycles. The molecule has 1 aliphatic rings. The molecule has 0 unspecified atom stereocenters. The molecule has 0 atom stereocenters. The fraction of sp³-hybridized carbons (Fsp3) is 1.00. The van der Waals surface area contributed by atoms with Crippen LogP contribution in [-0.2, 0) is 0 Å². The number of hydrogen-bond acceptors (Lipinski definition) is 4. The van der Waals surface area contributed by atoms with Crippen molar-refractivity contribution in [3.8, 4) is 0 Å². The molecule has 0 amide bonds. The number of hydrogen-bond donors (Lipinski definition) is 4. The van der Waals surface area contributed by atoms with Crippen LogP contribution in [0, 0.1) is 10.8 Å². The summed E-state index contributed by atoms with van der Waals surface area (Å²) < 4.78 is 0. The van der Waals surface area contributed by atoms with Gasteiger partial charge in [-0.25, -0.2) is 0 Å². The lowest BCUT2D eigenvalue weighted by Crippen LogP contribution is -2.45. The normalized spacial score (nSPS) is 22.8. The summed E-state index contributed by atoms with van der Waals surface area (Å²) in [6.45, 7) is 0.439. The Balaban J connectivity index is 2.99. The molecule has 1 fully saturated rings. The molecule has 0 aromatic rings. The highest BCUT2D eigenvalue weighted by atomic mass is 16.3. The largest absolute Gasteiger partial charge is 0.396 e. The van der Waals surface area contributed by atoms with Gasteiger partial charge in [-0.15, -0.1) is 0 Å². The third-order valence-electron chi connectivity index (χ3n) is 8.30. The van der Waals surface area contributed by atoms with E-state index in [0.29, 0.717) is 25.7 Å². The second-order valence-electron chi connectivity index (χ2n) is 10.3. The van der Waals surface area contributed by atoms with Gasteiger partial charge in [0.1, 0.15) is 0 Å². The van der Waals surface area contributed by atoms with E-state index in [0.717, 1.165) is 25.7 Å². The van der Waals surface area contributed by atoms with Crippen LogP contribution in [0.1, 0.15) is 135 Å². The first kappa shape index (κ1) is 28.9.